The Morgan fingerprint density at radius 1 is 1.17 bits per heavy atom. The lowest BCUT2D eigenvalue weighted by atomic mass is 10.1. The normalized spacial score (nSPS) is 13.1. The average Bonchev–Trinajstić information content (AvgIpc) is 3.33. The summed E-state index contributed by atoms with van der Waals surface area (Å²) in [4.78, 5) is 25.9. The van der Waals surface area contributed by atoms with Gasteiger partial charge < -0.3 is 15.0 Å². The van der Waals surface area contributed by atoms with Crippen molar-refractivity contribution in [1.29, 1.82) is 0 Å². The van der Waals surface area contributed by atoms with E-state index in [1.54, 1.807) is 29.8 Å². The monoisotopic (exact) mass is 410 g/mol. The molecule has 1 aliphatic carbocycles. The molecule has 29 heavy (non-hydrogen) atoms. The Kier molecular flexibility index (Phi) is 6.06. The molecule has 152 valence electrons. The summed E-state index contributed by atoms with van der Waals surface area (Å²) >= 11 is 1.77. The van der Waals surface area contributed by atoms with Crippen molar-refractivity contribution < 1.29 is 9.53 Å². The first kappa shape index (κ1) is 19.8. The van der Waals surface area contributed by atoms with Crippen LogP contribution in [0.4, 0.5) is 11.5 Å². The molecule has 0 fully saturated rings. The zero-order valence-corrected chi connectivity index (χ0v) is 17.7. The minimum Gasteiger partial charge on any atom is -0.461 e. The third-order valence-corrected chi connectivity index (χ3v) is 6.62. The van der Waals surface area contributed by atoms with Gasteiger partial charge in [-0.15, -0.1) is 11.3 Å². The molecule has 6 nitrogen and oxygen atoms in total. The molecule has 7 heteroatoms. The summed E-state index contributed by atoms with van der Waals surface area (Å²) < 4.78 is 5.40. The quantitative estimate of drug-likeness (QED) is 0.555. The number of rotatable bonds is 8. The number of fused-ring (bicyclic) bond motifs is 3. The number of anilines is 2. The lowest BCUT2D eigenvalue weighted by molar-refractivity contribution is 0.0466. The fourth-order valence-electron chi connectivity index (χ4n) is 3.74. The molecule has 2 aromatic heterocycles. The van der Waals surface area contributed by atoms with Crippen LogP contribution in [0, 0.1) is 0 Å². The van der Waals surface area contributed by atoms with Crippen LogP contribution in [0.3, 0.4) is 0 Å². The molecule has 0 unspecified atom stereocenters. The number of nitrogens with zero attached hydrogens (tertiary/aromatic N) is 3. The fraction of sp³-hybridized carbons (Fsp3) is 0.409. The lowest BCUT2D eigenvalue weighted by Gasteiger charge is -2.17. The van der Waals surface area contributed by atoms with Crippen LogP contribution >= 0.6 is 11.3 Å². The zero-order chi connectivity index (χ0) is 20.2. The molecule has 0 atom stereocenters. The zero-order valence-electron chi connectivity index (χ0n) is 16.9. The van der Waals surface area contributed by atoms with Crippen molar-refractivity contribution in [3.63, 3.8) is 0 Å². The molecular formula is C22H26N4O2S. The Bertz CT molecular complexity index is 996. The Morgan fingerprint density at radius 2 is 1.97 bits per heavy atom. The number of benzene rings is 1. The molecule has 1 aromatic carbocycles. The first-order valence-electron chi connectivity index (χ1n) is 10.2. The number of carbonyl (C=O) groups excluding carboxylic acids is 1. The van der Waals surface area contributed by atoms with E-state index in [1.807, 2.05) is 12.1 Å². The smallest absolute Gasteiger partial charge is 0.338 e. The summed E-state index contributed by atoms with van der Waals surface area (Å²) in [6, 6.07) is 7.36. The van der Waals surface area contributed by atoms with Crippen molar-refractivity contribution in [2.75, 3.05) is 31.6 Å². The van der Waals surface area contributed by atoms with Gasteiger partial charge in [0.15, 0.2) is 0 Å². The number of nitrogens with one attached hydrogen (secondary N) is 1. The average molecular weight is 411 g/mol. The standard InChI is InChI=1S/C22H26N4O2S/c1-3-26(4-2)12-13-28-22(27)15-8-10-16(11-9-15)25-20-19-17-6-5-7-18(17)29-21(19)24-14-23-20/h8-11,14H,3-7,12-13H2,1-2H3,(H,23,24,25). The second-order valence-electron chi connectivity index (χ2n) is 7.12. The SMILES string of the molecule is CCN(CC)CCOC(=O)c1ccc(Nc2ncnc3sc4c(c23)CCC4)cc1. The summed E-state index contributed by atoms with van der Waals surface area (Å²) in [5.41, 5.74) is 2.84. The highest BCUT2D eigenvalue weighted by Gasteiger charge is 2.21. The number of likely N-dealkylation sites (N-methyl/N-ethyl adjacent to an activating group) is 1. The fourth-order valence-corrected chi connectivity index (χ4v) is 4.97. The van der Waals surface area contributed by atoms with E-state index in [9.17, 15) is 4.79 Å². The molecule has 2 heterocycles. The lowest BCUT2D eigenvalue weighted by Crippen LogP contribution is -2.27. The molecule has 0 spiro atoms. The third kappa shape index (κ3) is 4.26. The molecule has 0 aliphatic heterocycles. The van der Waals surface area contributed by atoms with Gasteiger partial charge in [0.05, 0.1) is 10.9 Å². The number of aromatic nitrogens is 2. The van der Waals surface area contributed by atoms with Gasteiger partial charge in [0.1, 0.15) is 23.6 Å². The van der Waals surface area contributed by atoms with Gasteiger partial charge in [-0.05, 0) is 62.2 Å². The summed E-state index contributed by atoms with van der Waals surface area (Å²) in [6.07, 6.45) is 5.05. The van der Waals surface area contributed by atoms with Gasteiger partial charge in [0.25, 0.3) is 0 Å². The molecule has 3 aromatic rings. The van der Waals surface area contributed by atoms with Crippen LogP contribution < -0.4 is 5.32 Å². The van der Waals surface area contributed by atoms with E-state index < -0.39 is 0 Å². The van der Waals surface area contributed by atoms with Gasteiger partial charge in [-0.3, -0.25) is 0 Å². The Morgan fingerprint density at radius 3 is 2.72 bits per heavy atom. The highest BCUT2D eigenvalue weighted by Crippen LogP contribution is 2.39. The van der Waals surface area contributed by atoms with Gasteiger partial charge in [-0.25, -0.2) is 14.8 Å². The highest BCUT2D eigenvalue weighted by molar-refractivity contribution is 7.19. The van der Waals surface area contributed by atoms with Gasteiger partial charge in [0.2, 0.25) is 0 Å². The summed E-state index contributed by atoms with van der Waals surface area (Å²) in [5.74, 6) is 0.549. The molecule has 0 amide bonds. The van der Waals surface area contributed by atoms with Crippen LogP contribution in [0.1, 0.15) is 41.1 Å². The number of esters is 1. The maximum atomic E-state index is 12.3. The second-order valence-corrected chi connectivity index (χ2v) is 8.21. The number of hydrogen-bond donors (Lipinski definition) is 1. The molecule has 1 aliphatic rings. The maximum absolute atomic E-state index is 12.3. The third-order valence-electron chi connectivity index (χ3n) is 5.42. The number of aryl methyl sites for hydroxylation is 2. The van der Waals surface area contributed by atoms with Crippen molar-refractivity contribution >= 4 is 39.0 Å². The minimum absolute atomic E-state index is 0.288. The molecule has 4 rings (SSSR count). The largest absolute Gasteiger partial charge is 0.461 e. The highest BCUT2D eigenvalue weighted by atomic mass is 32.1. The summed E-state index contributed by atoms with van der Waals surface area (Å²) in [7, 11) is 0. The van der Waals surface area contributed by atoms with Crippen LogP contribution in [-0.4, -0.2) is 47.1 Å². The van der Waals surface area contributed by atoms with Gasteiger partial charge >= 0.3 is 5.97 Å². The molecule has 0 bridgehead atoms. The van der Waals surface area contributed by atoms with Crippen molar-refractivity contribution in [3.8, 4) is 0 Å². The number of carbonyl (C=O) groups is 1. The van der Waals surface area contributed by atoms with Crippen LogP contribution in [-0.2, 0) is 17.6 Å². The molecule has 0 radical (unpaired) electrons. The van der Waals surface area contributed by atoms with Crippen molar-refractivity contribution in [2.24, 2.45) is 0 Å². The predicted molar refractivity (Wildman–Crippen MR) is 117 cm³/mol. The van der Waals surface area contributed by atoms with Crippen LogP contribution in [0.25, 0.3) is 10.2 Å². The Labute approximate surface area is 174 Å². The predicted octanol–water partition coefficient (Wildman–Crippen LogP) is 4.42. The van der Waals surface area contributed by atoms with Crippen molar-refractivity contribution in [3.05, 3.63) is 46.6 Å². The van der Waals surface area contributed by atoms with Crippen LogP contribution in [0.15, 0.2) is 30.6 Å². The van der Waals surface area contributed by atoms with E-state index >= 15 is 0 Å². The molecule has 0 saturated carbocycles. The van der Waals surface area contributed by atoms with E-state index in [0.29, 0.717) is 12.2 Å². The van der Waals surface area contributed by atoms with E-state index in [1.165, 1.54) is 16.9 Å². The van der Waals surface area contributed by atoms with E-state index in [-0.39, 0.29) is 5.97 Å². The van der Waals surface area contributed by atoms with Gasteiger partial charge in [0, 0.05) is 17.1 Å². The Hall–Kier alpha value is -2.51. The van der Waals surface area contributed by atoms with Crippen molar-refractivity contribution in [2.45, 2.75) is 33.1 Å². The maximum Gasteiger partial charge on any atom is 0.338 e. The molecule has 1 N–H and O–H groups in total. The molecule has 0 saturated heterocycles. The van der Waals surface area contributed by atoms with E-state index in [4.69, 9.17) is 4.74 Å². The second kappa shape index (κ2) is 8.88. The van der Waals surface area contributed by atoms with E-state index in [0.717, 1.165) is 54.2 Å². The number of thiophene rings is 1. The number of hydrogen-bond acceptors (Lipinski definition) is 7. The topological polar surface area (TPSA) is 67.3 Å². The summed E-state index contributed by atoms with van der Waals surface area (Å²) in [6.45, 7) is 7.28. The minimum atomic E-state index is -0.288. The first-order valence-corrected chi connectivity index (χ1v) is 11.0. The van der Waals surface area contributed by atoms with E-state index in [2.05, 4.69) is 34.0 Å². The van der Waals surface area contributed by atoms with Gasteiger partial charge in [-0.1, -0.05) is 13.8 Å². The molecular weight excluding hydrogens is 384 g/mol. The Balaban J connectivity index is 1.43. The van der Waals surface area contributed by atoms with Crippen molar-refractivity contribution in [1.82, 2.24) is 14.9 Å². The van der Waals surface area contributed by atoms with Gasteiger partial charge in [-0.2, -0.15) is 0 Å². The number of ether oxygens (including phenoxy) is 1. The first-order chi connectivity index (χ1) is 14.2. The summed E-state index contributed by atoms with van der Waals surface area (Å²) in [5, 5.41) is 4.54. The van der Waals surface area contributed by atoms with Crippen LogP contribution in [0.2, 0.25) is 0 Å². The van der Waals surface area contributed by atoms with Crippen LogP contribution in [0.5, 0.6) is 0 Å².